The highest BCUT2D eigenvalue weighted by Crippen LogP contribution is 2.24. The van der Waals surface area contributed by atoms with Crippen LogP contribution >= 0.6 is 0 Å². The number of aromatic nitrogens is 1. The number of sulfone groups is 1. The number of hydrogen-bond donors (Lipinski definition) is 3. The fourth-order valence-electron chi connectivity index (χ4n) is 3.35. The number of likely N-dealkylation sites (N-methyl/N-ethyl adjacent to an activating group) is 1. The van der Waals surface area contributed by atoms with E-state index in [2.05, 4.69) is 29.6 Å². The highest BCUT2D eigenvalue weighted by Gasteiger charge is 2.29. The van der Waals surface area contributed by atoms with E-state index < -0.39 is 14.6 Å². The van der Waals surface area contributed by atoms with Gasteiger partial charge in [0.1, 0.15) is 0 Å². The number of rotatable bonds is 9. The second-order valence-electron chi connectivity index (χ2n) is 8.70. The summed E-state index contributed by atoms with van der Waals surface area (Å²) in [4.78, 5) is 21.7. The molecule has 0 aliphatic heterocycles. The van der Waals surface area contributed by atoms with Crippen molar-refractivity contribution in [3.05, 3.63) is 70.6 Å². The van der Waals surface area contributed by atoms with E-state index in [9.17, 15) is 13.2 Å². The first-order valence-electron chi connectivity index (χ1n) is 10.9. The summed E-state index contributed by atoms with van der Waals surface area (Å²) in [5.41, 5.74) is 4.63. The van der Waals surface area contributed by atoms with Crippen molar-refractivity contribution in [3.8, 4) is 11.1 Å². The third kappa shape index (κ3) is 6.99. The Balaban J connectivity index is 0.000000945. The number of pyridine rings is 1. The van der Waals surface area contributed by atoms with Crippen molar-refractivity contribution in [2.24, 2.45) is 0 Å². The highest BCUT2D eigenvalue weighted by atomic mass is 32.2. The first kappa shape index (κ1) is 27.2. The molecule has 0 aliphatic carbocycles. The third-order valence-electron chi connectivity index (χ3n) is 5.94. The summed E-state index contributed by atoms with van der Waals surface area (Å²) in [6, 6.07) is 16.3. The molecule has 9 heteroatoms. The lowest BCUT2D eigenvalue weighted by Gasteiger charge is -2.22. The van der Waals surface area contributed by atoms with E-state index in [4.69, 9.17) is 10.0 Å². The fourth-order valence-corrected chi connectivity index (χ4v) is 3.81. The number of carbonyl (C=O) groups is 1. The second kappa shape index (κ2) is 11.9. The molecule has 0 saturated heterocycles. The van der Waals surface area contributed by atoms with Crippen LogP contribution in [0, 0.1) is 0 Å². The predicted molar refractivity (Wildman–Crippen MR) is 136 cm³/mol. The predicted octanol–water partition coefficient (Wildman–Crippen LogP) is 2.77. The van der Waals surface area contributed by atoms with Crippen LogP contribution in [0.25, 0.3) is 21.9 Å². The van der Waals surface area contributed by atoms with Gasteiger partial charge in [0, 0.05) is 24.4 Å². The van der Waals surface area contributed by atoms with E-state index in [1.807, 2.05) is 31.3 Å². The number of amides is 1. The van der Waals surface area contributed by atoms with Gasteiger partial charge in [0.2, 0.25) is 6.41 Å². The summed E-state index contributed by atoms with van der Waals surface area (Å²) in [5, 5.41) is 11.9. The van der Waals surface area contributed by atoms with Crippen LogP contribution in [0.1, 0.15) is 25.8 Å². The summed E-state index contributed by atoms with van der Waals surface area (Å²) in [5.74, 6) is 0. The average molecular weight is 488 g/mol. The maximum atomic E-state index is 12.9. The average Bonchev–Trinajstić information content (AvgIpc) is 2.82. The largest absolute Gasteiger partial charge is 0.319 e. The molecule has 3 rings (SSSR count). The summed E-state index contributed by atoms with van der Waals surface area (Å²) in [7, 11) is -1.24. The number of nitrogens with one attached hydrogen (secondary N) is 2. The Hall–Kier alpha value is -3.01. The number of hydroxylamine groups is 1. The lowest BCUT2D eigenvalue weighted by Crippen LogP contribution is -2.33. The van der Waals surface area contributed by atoms with Gasteiger partial charge in [0.15, 0.2) is 9.84 Å². The molecule has 0 saturated carbocycles. The van der Waals surface area contributed by atoms with Crippen LogP contribution in [-0.4, -0.2) is 49.2 Å². The lowest BCUT2D eigenvalue weighted by atomic mass is 10.0. The Morgan fingerprint density at radius 3 is 2.24 bits per heavy atom. The summed E-state index contributed by atoms with van der Waals surface area (Å²) >= 11 is 0. The topological polar surface area (TPSA) is 118 Å². The van der Waals surface area contributed by atoms with E-state index in [0.29, 0.717) is 18.4 Å². The van der Waals surface area contributed by atoms with Crippen molar-refractivity contribution < 1.29 is 18.4 Å². The number of carbonyl (C=O) groups excluding carboxylic acids is 1. The van der Waals surface area contributed by atoms with Gasteiger partial charge in [0.05, 0.1) is 4.75 Å². The molecular formula is C25H33N3O5S. The molecule has 2 aromatic carbocycles. The first-order valence-corrected chi connectivity index (χ1v) is 12.8. The van der Waals surface area contributed by atoms with Crippen LogP contribution in [0.4, 0.5) is 0 Å². The quantitative estimate of drug-likeness (QED) is 0.243. The second-order valence-corrected chi connectivity index (χ2v) is 11.3. The molecule has 1 aromatic heterocycles. The van der Waals surface area contributed by atoms with Crippen LogP contribution in [-0.2, 0) is 27.6 Å². The van der Waals surface area contributed by atoms with Gasteiger partial charge in [0.25, 0.3) is 5.56 Å². The molecule has 0 spiro atoms. The Bertz CT molecular complexity index is 1270. The molecule has 0 aliphatic rings. The summed E-state index contributed by atoms with van der Waals surface area (Å²) in [6.45, 7) is 4.71. The van der Waals surface area contributed by atoms with Gasteiger partial charge in [-0.15, -0.1) is 0 Å². The zero-order valence-electron chi connectivity index (χ0n) is 20.0. The molecule has 0 bridgehead atoms. The van der Waals surface area contributed by atoms with Crippen LogP contribution in [0.3, 0.4) is 0 Å². The number of aryl methyl sites for hydroxylation is 1. The highest BCUT2D eigenvalue weighted by molar-refractivity contribution is 7.92. The van der Waals surface area contributed by atoms with E-state index >= 15 is 0 Å². The molecule has 0 radical (unpaired) electrons. The van der Waals surface area contributed by atoms with Gasteiger partial charge in [-0.2, -0.15) is 0 Å². The van der Waals surface area contributed by atoms with E-state index in [0.717, 1.165) is 29.5 Å². The maximum Gasteiger partial charge on any atom is 0.258 e. The van der Waals surface area contributed by atoms with Crippen molar-refractivity contribution in [1.29, 1.82) is 0 Å². The molecule has 34 heavy (non-hydrogen) atoms. The molecule has 3 N–H and O–H groups in total. The molecule has 3 aromatic rings. The number of nitrogens with zero attached hydrogens (tertiary/aromatic N) is 1. The number of benzene rings is 2. The van der Waals surface area contributed by atoms with Crippen molar-refractivity contribution in [3.63, 3.8) is 0 Å². The van der Waals surface area contributed by atoms with Gasteiger partial charge in [-0.25, -0.2) is 13.9 Å². The van der Waals surface area contributed by atoms with E-state index in [-0.39, 0.29) is 12.0 Å². The van der Waals surface area contributed by atoms with Crippen LogP contribution in [0.15, 0.2) is 59.5 Å². The first-order chi connectivity index (χ1) is 16.0. The monoisotopic (exact) mass is 487 g/mol. The van der Waals surface area contributed by atoms with E-state index in [1.54, 1.807) is 24.6 Å². The Morgan fingerprint density at radius 1 is 1.06 bits per heavy atom. The molecule has 184 valence electrons. The SMILES string of the molecule is CNCCc1ccc(-c2ccc3c(=O)n(CCC(C)(C)S(C)(=O)=O)ccc3c2)cc1.O=CNO. The fraction of sp³-hybridized carbons (Fsp3) is 0.360. The van der Waals surface area contributed by atoms with E-state index in [1.165, 1.54) is 17.3 Å². The Labute approximate surface area is 200 Å². The van der Waals surface area contributed by atoms with Gasteiger partial charge in [-0.3, -0.25) is 14.8 Å². The smallest absolute Gasteiger partial charge is 0.258 e. The van der Waals surface area contributed by atoms with Crippen LogP contribution in [0.5, 0.6) is 0 Å². The summed E-state index contributed by atoms with van der Waals surface area (Å²) in [6.07, 6.45) is 4.55. The van der Waals surface area contributed by atoms with Crippen molar-refractivity contribution in [2.45, 2.75) is 38.0 Å². The molecule has 1 amide bonds. The third-order valence-corrected chi connectivity index (χ3v) is 8.15. The van der Waals surface area contributed by atoms with Gasteiger partial charge >= 0.3 is 0 Å². The van der Waals surface area contributed by atoms with Gasteiger partial charge in [-0.1, -0.05) is 30.3 Å². The normalized spacial score (nSPS) is 11.6. The van der Waals surface area contributed by atoms with Gasteiger partial charge < -0.3 is 9.88 Å². The van der Waals surface area contributed by atoms with Crippen molar-refractivity contribution >= 4 is 27.0 Å². The molecule has 8 nitrogen and oxygen atoms in total. The lowest BCUT2D eigenvalue weighted by molar-refractivity contribution is -0.116. The minimum atomic E-state index is -3.19. The molecule has 0 unspecified atom stereocenters. The number of hydrogen-bond acceptors (Lipinski definition) is 6. The Morgan fingerprint density at radius 2 is 1.68 bits per heavy atom. The van der Waals surface area contributed by atoms with Crippen molar-refractivity contribution in [1.82, 2.24) is 15.4 Å². The minimum Gasteiger partial charge on any atom is -0.319 e. The molecular weight excluding hydrogens is 454 g/mol. The molecule has 0 fully saturated rings. The van der Waals surface area contributed by atoms with Crippen LogP contribution in [0.2, 0.25) is 0 Å². The maximum absolute atomic E-state index is 12.9. The van der Waals surface area contributed by atoms with Gasteiger partial charge in [-0.05, 0) is 80.6 Å². The molecule has 1 heterocycles. The molecule has 0 atom stereocenters. The zero-order valence-corrected chi connectivity index (χ0v) is 20.9. The van der Waals surface area contributed by atoms with Crippen LogP contribution < -0.4 is 16.4 Å². The standard InChI is InChI=1S/C24H30N2O3S.CH3NO2/c1-24(2,30(4,28)29)13-16-26-15-12-21-17-20(9-10-22(21)23(26)27)19-7-5-18(6-8-19)11-14-25-3;3-1-2-4/h5-10,12,15,17,25H,11,13-14,16H2,1-4H3;1,4H,(H,2,3). The van der Waals surface area contributed by atoms with Crippen molar-refractivity contribution in [2.75, 3.05) is 19.8 Å². The Kier molecular flexibility index (Phi) is 9.55. The minimum absolute atomic E-state index is 0.0919. The number of fused-ring (bicyclic) bond motifs is 1. The summed E-state index contributed by atoms with van der Waals surface area (Å²) < 4.78 is 24.6. The zero-order chi connectivity index (χ0) is 25.4.